The lowest BCUT2D eigenvalue weighted by atomic mass is 9.86. The first-order chi connectivity index (χ1) is 11.9. The normalized spacial score (nSPS) is 19.5. The van der Waals surface area contributed by atoms with Gasteiger partial charge in [0.1, 0.15) is 6.10 Å². The fourth-order valence-electron chi connectivity index (χ4n) is 3.29. The Bertz CT molecular complexity index is 466. The van der Waals surface area contributed by atoms with Crippen LogP contribution in [0.4, 0.5) is 0 Å². The van der Waals surface area contributed by atoms with Gasteiger partial charge >= 0.3 is 11.9 Å². The van der Waals surface area contributed by atoms with Crippen molar-refractivity contribution in [3.63, 3.8) is 0 Å². The third-order valence-electron chi connectivity index (χ3n) is 4.99. The molecule has 4 nitrogen and oxygen atoms in total. The second-order valence-corrected chi connectivity index (χ2v) is 7.38. The first-order valence-electron chi connectivity index (χ1n) is 9.66. The zero-order chi connectivity index (χ0) is 18.7. The molecule has 0 heterocycles. The Hall–Kier alpha value is -1.58. The monoisotopic (exact) mass is 350 g/mol. The van der Waals surface area contributed by atoms with E-state index in [1.807, 2.05) is 6.08 Å². The Morgan fingerprint density at radius 1 is 1.00 bits per heavy atom. The molecule has 0 aliphatic heterocycles. The van der Waals surface area contributed by atoms with Crippen molar-refractivity contribution in [1.82, 2.24) is 0 Å². The topological polar surface area (TPSA) is 63.6 Å². The van der Waals surface area contributed by atoms with Crippen LogP contribution in [0, 0.1) is 5.92 Å². The average Bonchev–Trinajstić information content (AvgIpc) is 2.61. The van der Waals surface area contributed by atoms with Crippen molar-refractivity contribution in [2.75, 3.05) is 0 Å². The standard InChI is InChI=1S/C11H18O2.C10H16O2/c1-9(11(12)13)7-8-10-5-3-2-4-6-10;1-8(2)10(11)12-9-6-4-3-5-7-9/h7,10H,2-6,8H2,1H3,(H,12,13);9H,1,3-7H2,2H3. The SMILES string of the molecule is C=C(C)C(=O)OC1CCCCC1.CC(=CCC1CCCCC1)C(=O)O. The maximum atomic E-state index is 11.1. The summed E-state index contributed by atoms with van der Waals surface area (Å²) in [4.78, 5) is 21.6. The van der Waals surface area contributed by atoms with Gasteiger partial charge in [-0.05, 0) is 51.9 Å². The van der Waals surface area contributed by atoms with E-state index in [9.17, 15) is 9.59 Å². The first kappa shape index (κ1) is 21.5. The Morgan fingerprint density at radius 2 is 1.52 bits per heavy atom. The number of aliphatic carboxylic acids is 1. The zero-order valence-corrected chi connectivity index (χ0v) is 15.9. The number of carbonyl (C=O) groups excluding carboxylic acids is 1. The number of esters is 1. The van der Waals surface area contributed by atoms with Gasteiger partial charge in [0.25, 0.3) is 0 Å². The van der Waals surface area contributed by atoms with E-state index >= 15 is 0 Å². The van der Waals surface area contributed by atoms with Gasteiger partial charge in [-0.1, -0.05) is 51.2 Å². The van der Waals surface area contributed by atoms with Crippen molar-refractivity contribution in [2.45, 2.75) is 90.6 Å². The summed E-state index contributed by atoms with van der Waals surface area (Å²) >= 11 is 0. The molecule has 25 heavy (non-hydrogen) atoms. The molecule has 0 saturated heterocycles. The second-order valence-electron chi connectivity index (χ2n) is 7.38. The Labute approximate surface area is 152 Å². The minimum absolute atomic E-state index is 0.156. The molecule has 0 aromatic heterocycles. The Kier molecular flexibility index (Phi) is 10.2. The van der Waals surface area contributed by atoms with Gasteiger partial charge in [0.2, 0.25) is 0 Å². The van der Waals surface area contributed by atoms with E-state index in [2.05, 4.69) is 6.58 Å². The lowest BCUT2D eigenvalue weighted by Crippen LogP contribution is -2.20. The summed E-state index contributed by atoms with van der Waals surface area (Å²) in [5.74, 6) is -0.277. The molecule has 4 heteroatoms. The van der Waals surface area contributed by atoms with Crippen molar-refractivity contribution >= 4 is 11.9 Å². The van der Waals surface area contributed by atoms with E-state index < -0.39 is 5.97 Å². The van der Waals surface area contributed by atoms with Gasteiger partial charge in [-0.25, -0.2) is 9.59 Å². The molecule has 2 rings (SSSR count). The van der Waals surface area contributed by atoms with Crippen molar-refractivity contribution in [2.24, 2.45) is 5.92 Å². The van der Waals surface area contributed by atoms with Gasteiger partial charge in [0, 0.05) is 11.1 Å². The molecule has 2 saturated carbocycles. The van der Waals surface area contributed by atoms with E-state index in [0.29, 0.717) is 11.1 Å². The van der Waals surface area contributed by atoms with Crippen LogP contribution in [0.15, 0.2) is 23.8 Å². The molecular weight excluding hydrogens is 316 g/mol. The molecule has 0 atom stereocenters. The molecule has 1 N–H and O–H groups in total. The summed E-state index contributed by atoms with van der Waals surface area (Å²) in [5.41, 5.74) is 0.992. The lowest BCUT2D eigenvalue weighted by Gasteiger charge is -2.21. The number of hydrogen-bond acceptors (Lipinski definition) is 3. The number of hydrogen-bond donors (Lipinski definition) is 1. The van der Waals surface area contributed by atoms with Crippen LogP contribution in [-0.4, -0.2) is 23.1 Å². The van der Waals surface area contributed by atoms with E-state index in [0.717, 1.165) is 25.2 Å². The predicted molar refractivity (Wildman–Crippen MR) is 100 cm³/mol. The highest BCUT2D eigenvalue weighted by Crippen LogP contribution is 2.26. The fraction of sp³-hybridized carbons (Fsp3) is 0.714. The number of carboxylic acids is 1. The van der Waals surface area contributed by atoms with E-state index in [-0.39, 0.29) is 12.1 Å². The smallest absolute Gasteiger partial charge is 0.333 e. The van der Waals surface area contributed by atoms with Crippen LogP contribution in [0.25, 0.3) is 0 Å². The highest BCUT2D eigenvalue weighted by atomic mass is 16.5. The maximum Gasteiger partial charge on any atom is 0.333 e. The summed E-state index contributed by atoms with van der Waals surface area (Å²) in [5, 5.41) is 8.64. The van der Waals surface area contributed by atoms with Crippen molar-refractivity contribution < 1.29 is 19.4 Å². The quantitative estimate of drug-likeness (QED) is 0.531. The number of ether oxygens (including phenoxy) is 1. The first-order valence-corrected chi connectivity index (χ1v) is 9.66. The Balaban J connectivity index is 0.000000251. The highest BCUT2D eigenvalue weighted by molar-refractivity contribution is 5.87. The third kappa shape index (κ3) is 9.47. The number of carbonyl (C=O) groups is 2. The Morgan fingerprint density at radius 3 is 2.00 bits per heavy atom. The number of rotatable bonds is 5. The molecule has 2 fully saturated rings. The summed E-state index contributed by atoms with van der Waals surface area (Å²) < 4.78 is 5.21. The van der Waals surface area contributed by atoms with Gasteiger partial charge in [-0.2, -0.15) is 0 Å². The van der Waals surface area contributed by atoms with Crippen molar-refractivity contribution in [3.8, 4) is 0 Å². The van der Waals surface area contributed by atoms with E-state index in [4.69, 9.17) is 9.84 Å². The van der Waals surface area contributed by atoms with E-state index in [1.54, 1.807) is 13.8 Å². The molecule has 0 bridgehead atoms. The molecule has 142 valence electrons. The van der Waals surface area contributed by atoms with E-state index in [1.165, 1.54) is 51.4 Å². The fourth-order valence-corrected chi connectivity index (χ4v) is 3.29. The maximum absolute atomic E-state index is 11.1. The van der Waals surface area contributed by atoms with Crippen molar-refractivity contribution in [3.05, 3.63) is 23.8 Å². The summed E-state index contributed by atoms with van der Waals surface area (Å²) in [6.07, 6.45) is 15.3. The van der Waals surface area contributed by atoms with Gasteiger partial charge in [-0.3, -0.25) is 0 Å². The van der Waals surface area contributed by atoms with Gasteiger partial charge in [0.15, 0.2) is 0 Å². The van der Waals surface area contributed by atoms with Gasteiger partial charge in [0.05, 0.1) is 0 Å². The molecule has 2 aliphatic carbocycles. The molecule has 0 aromatic rings. The van der Waals surface area contributed by atoms with Crippen LogP contribution >= 0.6 is 0 Å². The predicted octanol–water partition coefficient (Wildman–Crippen LogP) is 5.43. The summed E-state index contributed by atoms with van der Waals surface area (Å²) in [7, 11) is 0. The molecule has 0 unspecified atom stereocenters. The summed E-state index contributed by atoms with van der Waals surface area (Å²) in [6, 6.07) is 0. The van der Waals surface area contributed by atoms with Crippen LogP contribution in [0.1, 0.15) is 84.5 Å². The summed E-state index contributed by atoms with van der Waals surface area (Å²) in [6.45, 7) is 6.90. The molecule has 0 aromatic carbocycles. The van der Waals surface area contributed by atoms with Gasteiger partial charge < -0.3 is 9.84 Å². The zero-order valence-electron chi connectivity index (χ0n) is 15.9. The van der Waals surface area contributed by atoms with Gasteiger partial charge in [-0.15, -0.1) is 0 Å². The third-order valence-corrected chi connectivity index (χ3v) is 4.99. The average molecular weight is 350 g/mol. The van der Waals surface area contributed by atoms with Crippen LogP contribution in [0.5, 0.6) is 0 Å². The number of allylic oxidation sites excluding steroid dienone is 1. The largest absolute Gasteiger partial charge is 0.478 e. The van der Waals surface area contributed by atoms with Crippen LogP contribution in [0.3, 0.4) is 0 Å². The number of carboxylic acid groups (broad SMARTS) is 1. The lowest BCUT2D eigenvalue weighted by molar-refractivity contribution is -0.145. The minimum Gasteiger partial charge on any atom is -0.478 e. The molecule has 0 radical (unpaired) electrons. The van der Waals surface area contributed by atoms with Crippen LogP contribution < -0.4 is 0 Å². The van der Waals surface area contributed by atoms with Crippen LogP contribution in [-0.2, 0) is 14.3 Å². The molecule has 0 amide bonds. The minimum atomic E-state index is -0.782. The second kappa shape index (κ2) is 11.9. The molecule has 2 aliphatic rings. The van der Waals surface area contributed by atoms with Crippen LogP contribution in [0.2, 0.25) is 0 Å². The van der Waals surface area contributed by atoms with Crippen molar-refractivity contribution in [1.29, 1.82) is 0 Å². The molecular formula is C21H34O4. The highest BCUT2D eigenvalue weighted by Gasteiger charge is 2.17. The molecule has 0 spiro atoms.